The molecular formula is C8H13BrO6. The van der Waals surface area contributed by atoms with Gasteiger partial charge in [0.05, 0.1) is 6.61 Å². The Labute approximate surface area is 94.9 Å². The number of alkyl halides is 1. The molecule has 0 bridgehead atoms. The van der Waals surface area contributed by atoms with E-state index in [-0.39, 0.29) is 0 Å². The van der Waals surface area contributed by atoms with E-state index >= 15 is 0 Å². The summed E-state index contributed by atoms with van der Waals surface area (Å²) in [4.78, 5) is 10.7. The maximum atomic E-state index is 10.7. The lowest BCUT2D eigenvalue weighted by atomic mass is 10.0. The van der Waals surface area contributed by atoms with Gasteiger partial charge in [-0.1, -0.05) is 15.9 Å². The Morgan fingerprint density at radius 3 is 2.53 bits per heavy atom. The molecule has 1 aliphatic rings. The molecule has 7 heteroatoms. The number of rotatable bonds is 2. The molecule has 0 aromatic heterocycles. The molecule has 1 fully saturated rings. The summed E-state index contributed by atoms with van der Waals surface area (Å²) in [6.45, 7) is 0.761. The molecule has 5 atom stereocenters. The van der Waals surface area contributed by atoms with E-state index in [2.05, 4.69) is 15.9 Å². The van der Waals surface area contributed by atoms with Crippen LogP contribution in [-0.2, 0) is 14.3 Å². The van der Waals surface area contributed by atoms with Gasteiger partial charge in [0.25, 0.3) is 0 Å². The Kier molecular flexibility index (Phi) is 4.47. The first-order valence-corrected chi connectivity index (χ1v) is 5.32. The number of aliphatic hydroxyl groups is 3. The highest BCUT2D eigenvalue weighted by atomic mass is 79.9. The lowest BCUT2D eigenvalue weighted by Crippen LogP contribution is -2.58. The van der Waals surface area contributed by atoms with Crippen molar-refractivity contribution in [2.75, 3.05) is 6.61 Å². The fraction of sp³-hybridized carbons (Fsp3) is 0.875. The number of halogens is 1. The SMILES string of the molecule is CC(=O)O[C@H]1[C@H](O)[C@@H](O)[C@H](Br)O[C@@H]1CO. The Morgan fingerprint density at radius 2 is 2.07 bits per heavy atom. The molecule has 0 unspecified atom stereocenters. The topological polar surface area (TPSA) is 96.2 Å². The highest BCUT2D eigenvalue weighted by Gasteiger charge is 2.45. The zero-order valence-corrected chi connectivity index (χ0v) is 9.62. The molecule has 1 heterocycles. The van der Waals surface area contributed by atoms with Crippen LogP contribution in [0.15, 0.2) is 0 Å². The normalized spacial score (nSPS) is 41.3. The minimum absolute atomic E-state index is 0.413. The van der Waals surface area contributed by atoms with E-state index in [4.69, 9.17) is 14.6 Å². The first-order valence-electron chi connectivity index (χ1n) is 4.41. The summed E-state index contributed by atoms with van der Waals surface area (Å²) in [6.07, 6.45) is -4.41. The number of ether oxygens (including phenoxy) is 2. The Morgan fingerprint density at radius 1 is 1.47 bits per heavy atom. The molecule has 0 spiro atoms. The Hall–Kier alpha value is -0.210. The summed E-state index contributed by atoms with van der Waals surface area (Å²) in [6, 6.07) is 0. The van der Waals surface area contributed by atoms with Crippen LogP contribution in [0.3, 0.4) is 0 Å². The van der Waals surface area contributed by atoms with Crippen LogP contribution in [0.5, 0.6) is 0 Å². The molecule has 1 rings (SSSR count). The Bertz CT molecular complexity index is 233. The third kappa shape index (κ3) is 2.88. The maximum absolute atomic E-state index is 10.7. The predicted molar refractivity (Wildman–Crippen MR) is 52.2 cm³/mol. The van der Waals surface area contributed by atoms with Gasteiger partial charge in [-0.05, 0) is 0 Å². The zero-order chi connectivity index (χ0) is 11.6. The number of hydrogen-bond donors (Lipinski definition) is 3. The number of esters is 1. The average molecular weight is 285 g/mol. The lowest BCUT2D eigenvalue weighted by Gasteiger charge is -2.39. The highest BCUT2D eigenvalue weighted by molar-refractivity contribution is 9.09. The van der Waals surface area contributed by atoms with E-state index in [0.717, 1.165) is 0 Å². The van der Waals surface area contributed by atoms with Gasteiger partial charge in [0, 0.05) is 6.92 Å². The van der Waals surface area contributed by atoms with Gasteiger partial charge >= 0.3 is 5.97 Å². The Balaban J connectivity index is 2.75. The molecule has 0 aliphatic carbocycles. The van der Waals surface area contributed by atoms with Gasteiger partial charge < -0.3 is 24.8 Å². The van der Waals surface area contributed by atoms with Crippen LogP contribution >= 0.6 is 15.9 Å². The van der Waals surface area contributed by atoms with Crippen molar-refractivity contribution >= 4 is 21.9 Å². The third-order valence-electron chi connectivity index (χ3n) is 2.11. The molecule has 0 aromatic rings. The maximum Gasteiger partial charge on any atom is 0.303 e. The highest BCUT2D eigenvalue weighted by Crippen LogP contribution is 2.26. The molecule has 1 aliphatic heterocycles. The van der Waals surface area contributed by atoms with Crippen molar-refractivity contribution in [3.63, 3.8) is 0 Å². The second kappa shape index (κ2) is 5.22. The molecule has 0 radical (unpaired) electrons. The molecule has 0 aromatic carbocycles. The van der Waals surface area contributed by atoms with Crippen LogP contribution in [-0.4, -0.2) is 57.3 Å². The smallest absolute Gasteiger partial charge is 0.303 e. The molecule has 6 nitrogen and oxygen atoms in total. The number of carbonyl (C=O) groups is 1. The van der Waals surface area contributed by atoms with E-state index < -0.39 is 42.0 Å². The van der Waals surface area contributed by atoms with E-state index in [1.165, 1.54) is 6.92 Å². The van der Waals surface area contributed by atoms with E-state index in [1.807, 2.05) is 0 Å². The van der Waals surface area contributed by atoms with Crippen LogP contribution in [0.4, 0.5) is 0 Å². The molecule has 0 amide bonds. The van der Waals surface area contributed by atoms with Crippen molar-refractivity contribution < 1.29 is 29.6 Å². The summed E-state index contributed by atoms with van der Waals surface area (Å²) in [7, 11) is 0. The quantitative estimate of drug-likeness (QED) is 0.433. The van der Waals surface area contributed by atoms with Crippen LogP contribution in [0, 0.1) is 0 Å². The van der Waals surface area contributed by atoms with Gasteiger partial charge in [-0.3, -0.25) is 4.79 Å². The standard InChI is InChI=1S/C8H13BrO6/c1-3(11)14-7-4(2-10)15-8(9)6(13)5(7)12/h4-8,10,12-13H,2H2,1H3/t4-,5-,6-,7-,8-/m1/s1. The largest absolute Gasteiger partial charge is 0.457 e. The minimum atomic E-state index is -1.29. The molecule has 88 valence electrons. The summed E-state index contributed by atoms with van der Waals surface area (Å²) < 4.78 is 9.88. The second-order valence-electron chi connectivity index (χ2n) is 3.26. The summed E-state index contributed by atoms with van der Waals surface area (Å²) >= 11 is 2.99. The van der Waals surface area contributed by atoms with Gasteiger partial charge in [-0.15, -0.1) is 0 Å². The molecule has 1 saturated heterocycles. The van der Waals surface area contributed by atoms with Gasteiger partial charge in [-0.2, -0.15) is 0 Å². The van der Waals surface area contributed by atoms with Crippen molar-refractivity contribution in [1.29, 1.82) is 0 Å². The van der Waals surface area contributed by atoms with Gasteiger partial charge in [-0.25, -0.2) is 0 Å². The summed E-state index contributed by atoms with van der Waals surface area (Å²) in [5, 5.41) is 27.2. The summed E-state index contributed by atoms with van der Waals surface area (Å²) in [5.74, 6) is -0.610. The average Bonchev–Trinajstić information content (AvgIpc) is 2.18. The van der Waals surface area contributed by atoms with Crippen LogP contribution in [0.1, 0.15) is 6.92 Å². The first kappa shape index (κ1) is 12.9. The molecule has 3 N–H and O–H groups in total. The van der Waals surface area contributed by atoms with Crippen LogP contribution < -0.4 is 0 Å². The van der Waals surface area contributed by atoms with Crippen LogP contribution in [0.2, 0.25) is 0 Å². The van der Waals surface area contributed by atoms with E-state index in [1.54, 1.807) is 0 Å². The first-order chi connectivity index (χ1) is 6.97. The van der Waals surface area contributed by atoms with Crippen molar-refractivity contribution in [2.24, 2.45) is 0 Å². The van der Waals surface area contributed by atoms with Gasteiger partial charge in [0.15, 0.2) is 6.10 Å². The van der Waals surface area contributed by atoms with E-state index in [0.29, 0.717) is 0 Å². The van der Waals surface area contributed by atoms with Gasteiger partial charge in [0.2, 0.25) is 0 Å². The number of carbonyl (C=O) groups excluding carboxylic acids is 1. The number of hydrogen-bond acceptors (Lipinski definition) is 6. The van der Waals surface area contributed by atoms with Crippen molar-refractivity contribution in [1.82, 2.24) is 0 Å². The van der Waals surface area contributed by atoms with Crippen molar-refractivity contribution in [3.05, 3.63) is 0 Å². The monoisotopic (exact) mass is 284 g/mol. The van der Waals surface area contributed by atoms with Gasteiger partial charge in [0.1, 0.15) is 23.3 Å². The number of aliphatic hydroxyl groups excluding tert-OH is 3. The van der Waals surface area contributed by atoms with Crippen LogP contribution in [0.25, 0.3) is 0 Å². The minimum Gasteiger partial charge on any atom is -0.457 e. The predicted octanol–water partition coefficient (Wildman–Crippen LogP) is -1.25. The van der Waals surface area contributed by atoms with E-state index in [9.17, 15) is 15.0 Å². The van der Waals surface area contributed by atoms with Crippen molar-refractivity contribution in [2.45, 2.75) is 36.4 Å². The third-order valence-corrected chi connectivity index (χ3v) is 2.87. The van der Waals surface area contributed by atoms with Crippen molar-refractivity contribution in [3.8, 4) is 0 Å². The summed E-state index contributed by atoms with van der Waals surface area (Å²) in [5.41, 5.74) is 0. The molecular weight excluding hydrogens is 272 g/mol. The zero-order valence-electron chi connectivity index (χ0n) is 8.04. The molecule has 15 heavy (non-hydrogen) atoms. The fourth-order valence-corrected chi connectivity index (χ4v) is 1.97. The second-order valence-corrected chi connectivity index (χ2v) is 4.17. The molecule has 0 saturated carbocycles. The lowest BCUT2D eigenvalue weighted by molar-refractivity contribution is -0.218. The fourth-order valence-electron chi connectivity index (χ4n) is 1.38.